The first-order valence-corrected chi connectivity index (χ1v) is 11.5. The first-order valence-electron chi connectivity index (χ1n) is 11.5. The molecule has 0 saturated carbocycles. The number of halogens is 2. The van der Waals surface area contributed by atoms with Crippen molar-refractivity contribution in [1.82, 2.24) is 19.7 Å². The normalized spacial score (nSPS) is 15.0. The van der Waals surface area contributed by atoms with Crippen LogP contribution >= 0.6 is 0 Å². The molecule has 0 spiro atoms. The second kappa shape index (κ2) is 10.9. The summed E-state index contributed by atoms with van der Waals surface area (Å²) in [5.41, 5.74) is 3.61. The van der Waals surface area contributed by atoms with E-state index in [1.54, 1.807) is 11.8 Å². The molecule has 0 aromatic carbocycles. The number of amides is 1. The topological polar surface area (TPSA) is 83.7 Å². The lowest BCUT2D eigenvalue weighted by molar-refractivity contribution is 0.118. The number of fused-ring (bicyclic) bond motifs is 2. The Morgan fingerprint density at radius 3 is 2.70 bits per heavy atom. The van der Waals surface area contributed by atoms with Gasteiger partial charge in [0.25, 0.3) is 6.43 Å². The Bertz CT molecular complexity index is 979. The Kier molecular flexibility index (Phi) is 8.23. The van der Waals surface area contributed by atoms with Crippen LogP contribution in [0.5, 0.6) is 0 Å². The third-order valence-electron chi connectivity index (χ3n) is 5.96. The van der Waals surface area contributed by atoms with E-state index in [2.05, 4.69) is 4.98 Å². The number of pyridine rings is 1. The molecule has 1 N–H and O–H groups in total. The van der Waals surface area contributed by atoms with Gasteiger partial charge in [0.2, 0.25) is 0 Å². The molecule has 2 aliphatic heterocycles. The summed E-state index contributed by atoms with van der Waals surface area (Å²) in [7, 11) is 1.35. The van der Waals surface area contributed by atoms with E-state index in [9.17, 15) is 18.7 Å². The highest BCUT2D eigenvalue weighted by molar-refractivity contribution is 5.71. The van der Waals surface area contributed by atoms with Gasteiger partial charge in [0, 0.05) is 55.2 Å². The molecule has 0 radical (unpaired) electrons. The van der Waals surface area contributed by atoms with Crippen LogP contribution in [0.3, 0.4) is 0 Å². The molecule has 4 rings (SSSR count). The van der Waals surface area contributed by atoms with Gasteiger partial charge >= 0.3 is 6.09 Å². The van der Waals surface area contributed by atoms with E-state index in [0.717, 1.165) is 29.8 Å². The highest BCUT2D eigenvalue weighted by atomic mass is 19.3. The molecule has 8 nitrogen and oxygen atoms in total. The minimum atomic E-state index is -2.60. The van der Waals surface area contributed by atoms with Crippen LogP contribution < -0.4 is 4.90 Å². The van der Waals surface area contributed by atoms with Gasteiger partial charge in [-0.1, -0.05) is 13.8 Å². The van der Waals surface area contributed by atoms with Crippen LogP contribution in [-0.2, 0) is 30.7 Å². The average Bonchev–Trinajstić information content (AvgIpc) is 3.20. The summed E-state index contributed by atoms with van der Waals surface area (Å²) in [6.07, 6.45) is -0.299. The molecule has 0 saturated heterocycles. The Hall–Kier alpha value is -2.75. The number of hydrogen-bond acceptors (Lipinski definition) is 6. The van der Waals surface area contributed by atoms with Crippen molar-refractivity contribution in [2.45, 2.75) is 66.0 Å². The molecule has 0 fully saturated rings. The maximum Gasteiger partial charge on any atom is 0.409 e. The number of aliphatic hydroxyl groups excluding tert-OH is 1. The van der Waals surface area contributed by atoms with Gasteiger partial charge in [-0.2, -0.15) is 5.10 Å². The van der Waals surface area contributed by atoms with Gasteiger partial charge in [0.15, 0.2) is 5.82 Å². The number of alkyl halides is 2. The first kappa shape index (κ1) is 24.9. The summed E-state index contributed by atoms with van der Waals surface area (Å²) < 4.78 is 33.9. The third kappa shape index (κ3) is 4.95. The predicted molar refractivity (Wildman–Crippen MR) is 121 cm³/mol. The fraction of sp³-hybridized carbons (Fsp3) is 0.609. The fourth-order valence-electron chi connectivity index (χ4n) is 4.42. The van der Waals surface area contributed by atoms with Gasteiger partial charge in [0.1, 0.15) is 0 Å². The Balaban J connectivity index is 0.00000149. The number of hydrogen-bond donors (Lipinski definition) is 1. The van der Waals surface area contributed by atoms with E-state index >= 15 is 0 Å². The zero-order valence-corrected chi connectivity index (χ0v) is 19.8. The maximum absolute atomic E-state index is 13.6. The molecule has 1 amide bonds. The highest BCUT2D eigenvalue weighted by Crippen LogP contribution is 2.39. The van der Waals surface area contributed by atoms with E-state index in [4.69, 9.17) is 9.84 Å². The molecule has 182 valence electrons. The predicted octanol–water partition coefficient (Wildman–Crippen LogP) is 4.14. The SMILES string of the molecule is CC.COC(=O)N1CCc2c(c(N3CCCc4nc(C)c(C(F)F)cc43)nn2CCCO)C1. The van der Waals surface area contributed by atoms with Crippen molar-refractivity contribution in [3.05, 3.63) is 34.3 Å². The quantitative estimate of drug-likeness (QED) is 0.715. The number of aromatic nitrogens is 3. The Morgan fingerprint density at radius 2 is 2.03 bits per heavy atom. The summed E-state index contributed by atoms with van der Waals surface area (Å²) in [5, 5.41) is 14.1. The van der Waals surface area contributed by atoms with Gasteiger partial charge in [-0.05, 0) is 32.3 Å². The number of rotatable bonds is 5. The lowest BCUT2D eigenvalue weighted by atomic mass is 10.0. The number of aliphatic hydroxyl groups is 1. The van der Waals surface area contributed by atoms with Crippen LogP contribution in [0.25, 0.3) is 0 Å². The van der Waals surface area contributed by atoms with E-state index in [1.165, 1.54) is 13.2 Å². The van der Waals surface area contributed by atoms with E-state index in [1.807, 2.05) is 23.4 Å². The van der Waals surface area contributed by atoms with Crippen molar-refractivity contribution in [2.24, 2.45) is 0 Å². The van der Waals surface area contributed by atoms with Crippen LogP contribution in [0.2, 0.25) is 0 Å². The lowest BCUT2D eigenvalue weighted by Gasteiger charge is -2.32. The zero-order chi connectivity index (χ0) is 24.1. The smallest absolute Gasteiger partial charge is 0.409 e. The molecular weight excluding hydrogens is 432 g/mol. The molecule has 2 aromatic rings. The second-order valence-electron chi connectivity index (χ2n) is 7.88. The average molecular weight is 466 g/mol. The molecule has 10 heteroatoms. The standard InChI is InChI=1S/C21H27F2N5O3.C2H6/c1-13-14(19(22)23)11-18-16(24-13)5-3-7-27(18)20-15-12-26(21(30)31-2)9-6-17(15)28(25-20)8-4-10-29;1-2/h11,19,29H,3-10,12H2,1-2H3;1-2H3. The molecular formula is C23H33F2N5O3. The van der Waals surface area contributed by atoms with E-state index < -0.39 is 12.5 Å². The molecule has 0 bridgehead atoms. The van der Waals surface area contributed by atoms with Crippen LogP contribution in [0.4, 0.5) is 25.1 Å². The van der Waals surface area contributed by atoms with Gasteiger partial charge in [-0.25, -0.2) is 13.6 Å². The van der Waals surface area contributed by atoms with Crippen molar-refractivity contribution in [1.29, 1.82) is 0 Å². The molecule has 2 aromatic heterocycles. The van der Waals surface area contributed by atoms with Crippen LogP contribution in [0, 0.1) is 6.92 Å². The van der Waals surface area contributed by atoms with E-state index in [0.29, 0.717) is 56.2 Å². The molecule has 0 unspecified atom stereocenters. The highest BCUT2D eigenvalue weighted by Gasteiger charge is 2.33. The lowest BCUT2D eigenvalue weighted by Crippen LogP contribution is -2.37. The molecule has 2 aliphatic rings. The Labute approximate surface area is 193 Å². The summed E-state index contributed by atoms with van der Waals surface area (Å²) in [6, 6.07) is 1.53. The number of nitrogens with zero attached hydrogens (tertiary/aromatic N) is 5. The molecule has 0 atom stereocenters. The molecule has 33 heavy (non-hydrogen) atoms. The fourth-order valence-corrected chi connectivity index (χ4v) is 4.42. The number of ether oxygens (including phenoxy) is 1. The summed E-state index contributed by atoms with van der Waals surface area (Å²) in [4.78, 5) is 20.2. The van der Waals surface area contributed by atoms with Gasteiger partial charge < -0.3 is 19.6 Å². The van der Waals surface area contributed by atoms with Crippen LogP contribution in [-0.4, -0.2) is 57.7 Å². The molecule has 0 aliphatic carbocycles. The van der Waals surface area contributed by atoms with Crippen LogP contribution in [0.1, 0.15) is 61.3 Å². The number of methoxy groups -OCH3 is 1. The van der Waals surface area contributed by atoms with Crippen molar-refractivity contribution < 1.29 is 23.4 Å². The number of anilines is 2. The van der Waals surface area contributed by atoms with Gasteiger partial charge in [-0.3, -0.25) is 9.67 Å². The number of carbonyl (C=O) groups excluding carboxylic acids is 1. The number of aryl methyl sites for hydroxylation is 3. The second-order valence-corrected chi connectivity index (χ2v) is 7.88. The maximum atomic E-state index is 13.6. The summed E-state index contributed by atoms with van der Waals surface area (Å²) in [5.74, 6) is 0.661. The first-order chi connectivity index (χ1) is 15.9. The molecule has 4 heterocycles. The van der Waals surface area contributed by atoms with Crippen molar-refractivity contribution in [3.8, 4) is 0 Å². The van der Waals surface area contributed by atoms with Crippen molar-refractivity contribution >= 4 is 17.6 Å². The van der Waals surface area contributed by atoms with E-state index in [-0.39, 0.29) is 12.2 Å². The zero-order valence-electron chi connectivity index (χ0n) is 19.8. The van der Waals surface area contributed by atoms with Crippen molar-refractivity contribution in [3.63, 3.8) is 0 Å². The monoisotopic (exact) mass is 465 g/mol. The summed E-state index contributed by atoms with van der Waals surface area (Å²) in [6.45, 7) is 7.68. The third-order valence-corrected chi connectivity index (χ3v) is 5.96. The number of carbonyl (C=O) groups is 1. The van der Waals surface area contributed by atoms with Crippen LogP contribution in [0.15, 0.2) is 6.07 Å². The van der Waals surface area contributed by atoms with Gasteiger partial charge in [0.05, 0.1) is 25.0 Å². The van der Waals surface area contributed by atoms with Gasteiger partial charge in [-0.15, -0.1) is 0 Å². The minimum Gasteiger partial charge on any atom is -0.453 e. The van der Waals surface area contributed by atoms with Crippen molar-refractivity contribution in [2.75, 3.05) is 31.7 Å². The largest absolute Gasteiger partial charge is 0.453 e. The minimum absolute atomic E-state index is 0.0474. The Morgan fingerprint density at radius 1 is 1.27 bits per heavy atom. The summed E-state index contributed by atoms with van der Waals surface area (Å²) >= 11 is 0.